The number of rotatable bonds is 3. The van der Waals surface area contributed by atoms with Crippen molar-refractivity contribution in [1.82, 2.24) is 5.43 Å². The topological polar surface area (TPSA) is 58.2 Å². The summed E-state index contributed by atoms with van der Waals surface area (Å²) in [6.45, 7) is 1.96. The lowest BCUT2D eigenvalue weighted by Gasteiger charge is -2.14. The molecule has 0 heterocycles. The van der Waals surface area contributed by atoms with Crippen molar-refractivity contribution in [1.29, 1.82) is 0 Å². The number of carbonyl (C=O) groups excluding carboxylic acids is 2. The monoisotopic (exact) mass is 266 g/mol. The normalized spacial score (nSPS) is 14.4. The Kier molecular flexibility index (Phi) is 3.08. The fraction of sp³-hybridized carbons (Fsp3) is 0.125. The van der Waals surface area contributed by atoms with Crippen LogP contribution in [0.2, 0.25) is 0 Å². The van der Waals surface area contributed by atoms with Gasteiger partial charge >= 0.3 is 0 Å². The lowest BCUT2D eigenvalue weighted by atomic mass is 10.1. The van der Waals surface area contributed by atoms with Crippen molar-refractivity contribution < 1.29 is 9.59 Å². The summed E-state index contributed by atoms with van der Waals surface area (Å²) in [5.41, 5.74) is 8.66. The molecule has 2 aromatic rings. The number of carbonyl (C=O) groups is 2. The minimum Gasteiger partial charge on any atom is -0.320 e. The molecule has 2 aromatic carbocycles. The molecule has 1 aliphatic rings. The van der Waals surface area contributed by atoms with Gasteiger partial charge in [-0.1, -0.05) is 42.5 Å². The average Bonchev–Trinajstić information content (AvgIpc) is 2.71. The first-order valence-corrected chi connectivity index (χ1v) is 6.43. The molecule has 0 spiro atoms. The summed E-state index contributed by atoms with van der Waals surface area (Å²) in [7, 11) is 0. The molecule has 0 saturated heterocycles. The van der Waals surface area contributed by atoms with E-state index in [1.54, 1.807) is 24.3 Å². The van der Waals surface area contributed by atoms with Gasteiger partial charge in [-0.2, -0.15) is 0 Å². The molecular weight excluding hydrogens is 252 g/mol. The highest BCUT2D eigenvalue weighted by Crippen LogP contribution is 2.22. The summed E-state index contributed by atoms with van der Waals surface area (Å²) >= 11 is 0. The summed E-state index contributed by atoms with van der Waals surface area (Å²) in [5, 5.41) is 0. The van der Waals surface area contributed by atoms with Crippen LogP contribution in [0, 0.1) is 6.92 Å². The van der Waals surface area contributed by atoms with Gasteiger partial charge in [0.15, 0.2) is 17.6 Å². The van der Waals surface area contributed by atoms with Gasteiger partial charge in [0.05, 0.1) is 5.69 Å². The molecule has 0 bridgehead atoms. The Morgan fingerprint density at radius 3 is 2.00 bits per heavy atom. The zero-order chi connectivity index (χ0) is 14.1. The SMILES string of the molecule is Cc1ccccc1NNC1C(=O)c2ccccc2C1=O. The molecule has 4 nitrogen and oxygen atoms in total. The summed E-state index contributed by atoms with van der Waals surface area (Å²) in [6, 6.07) is 13.7. The quantitative estimate of drug-likeness (QED) is 0.661. The molecule has 4 heteroatoms. The number of hydrogen-bond donors (Lipinski definition) is 2. The number of para-hydroxylation sites is 1. The van der Waals surface area contributed by atoms with Crippen LogP contribution in [-0.2, 0) is 0 Å². The minimum absolute atomic E-state index is 0.188. The first-order chi connectivity index (χ1) is 9.68. The molecular formula is C16H14N2O2. The number of nitrogens with one attached hydrogen (secondary N) is 2. The summed E-state index contributed by atoms with van der Waals surface area (Å²) in [4.78, 5) is 24.4. The van der Waals surface area contributed by atoms with Crippen molar-refractivity contribution in [2.75, 3.05) is 5.43 Å². The van der Waals surface area contributed by atoms with Crippen LogP contribution in [0.25, 0.3) is 0 Å². The standard InChI is InChI=1S/C16H14N2O2/c1-10-6-2-5-9-13(10)17-18-14-15(19)11-7-3-4-8-12(11)16(14)20/h2-9,14,17-18H,1H3. The molecule has 0 unspecified atom stereocenters. The molecule has 0 atom stereocenters. The minimum atomic E-state index is -0.855. The van der Waals surface area contributed by atoms with E-state index in [0.717, 1.165) is 11.3 Å². The maximum absolute atomic E-state index is 12.2. The van der Waals surface area contributed by atoms with Gasteiger partial charge in [0.2, 0.25) is 0 Å². The lowest BCUT2D eigenvalue weighted by Crippen LogP contribution is -2.42. The highest BCUT2D eigenvalue weighted by Gasteiger charge is 2.38. The van der Waals surface area contributed by atoms with E-state index in [4.69, 9.17) is 0 Å². The number of aryl methyl sites for hydroxylation is 1. The molecule has 0 saturated carbocycles. The van der Waals surface area contributed by atoms with Gasteiger partial charge in [0, 0.05) is 11.1 Å². The molecule has 20 heavy (non-hydrogen) atoms. The summed E-state index contributed by atoms with van der Waals surface area (Å²) < 4.78 is 0. The maximum Gasteiger partial charge on any atom is 0.190 e. The first kappa shape index (κ1) is 12.6. The third kappa shape index (κ3) is 2.00. The van der Waals surface area contributed by atoms with Crippen LogP contribution in [0.5, 0.6) is 0 Å². The van der Waals surface area contributed by atoms with Crippen molar-refractivity contribution in [2.45, 2.75) is 13.0 Å². The van der Waals surface area contributed by atoms with Crippen LogP contribution < -0.4 is 10.9 Å². The molecule has 3 rings (SSSR count). The summed E-state index contributed by atoms with van der Waals surface area (Å²) in [5.74, 6) is -0.377. The molecule has 0 fully saturated rings. The average molecular weight is 266 g/mol. The van der Waals surface area contributed by atoms with Crippen LogP contribution in [-0.4, -0.2) is 17.6 Å². The number of hydrazine groups is 1. The fourth-order valence-electron chi connectivity index (χ4n) is 2.34. The smallest absolute Gasteiger partial charge is 0.190 e. The largest absolute Gasteiger partial charge is 0.320 e. The van der Waals surface area contributed by atoms with Crippen molar-refractivity contribution >= 4 is 17.3 Å². The van der Waals surface area contributed by atoms with Gasteiger partial charge in [-0.25, -0.2) is 5.43 Å². The zero-order valence-electron chi connectivity index (χ0n) is 11.0. The Labute approximate surface area is 116 Å². The predicted octanol–water partition coefficient (Wildman–Crippen LogP) is 2.36. The van der Waals surface area contributed by atoms with Gasteiger partial charge in [-0.05, 0) is 18.6 Å². The third-order valence-corrected chi connectivity index (χ3v) is 3.48. The highest BCUT2D eigenvalue weighted by molar-refractivity contribution is 6.29. The van der Waals surface area contributed by atoms with Crippen LogP contribution >= 0.6 is 0 Å². The van der Waals surface area contributed by atoms with E-state index in [0.29, 0.717) is 11.1 Å². The van der Waals surface area contributed by atoms with E-state index in [-0.39, 0.29) is 11.6 Å². The van der Waals surface area contributed by atoms with Crippen LogP contribution in [0.15, 0.2) is 48.5 Å². The van der Waals surface area contributed by atoms with Crippen molar-refractivity contribution in [3.63, 3.8) is 0 Å². The second-order valence-corrected chi connectivity index (χ2v) is 4.79. The van der Waals surface area contributed by atoms with Gasteiger partial charge in [-0.15, -0.1) is 0 Å². The Morgan fingerprint density at radius 2 is 1.40 bits per heavy atom. The van der Waals surface area contributed by atoms with Crippen molar-refractivity contribution in [3.8, 4) is 0 Å². The second kappa shape index (κ2) is 4.90. The van der Waals surface area contributed by atoms with Crippen molar-refractivity contribution in [2.24, 2.45) is 0 Å². The number of ketones is 2. The molecule has 0 aliphatic heterocycles. The van der Waals surface area contributed by atoms with E-state index in [1.807, 2.05) is 31.2 Å². The highest BCUT2D eigenvalue weighted by atomic mass is 16.2. The number of Topliss-reactive ketones (excluding diaryl/α,β-unsaturated/α-hetero) is 2. The van der Waals surface area contributed by atoms with Crippen LogP contribution in [0.3, 0.4) is 0 Å². The maximum atomic E-state index is 12.2. The Bertz CT molecular complexity index is 659. The number of anilines is 1. The Morgan fingerprint density at radius 1 is 0.850 bits per heavy atom. The number of hydrogen-bond acceptors (Lipinski definition) is 4. The molecule has 1 aliphatic carbocycles. The Balaban J connectivity index is 1.79. The van der Waals surface area contributed by atoms with Gasteiger partial charge in [0.25, 0.3) is 0 Å². The van der Waals surface area contributed by atoms with Gasteiger partial charge < -0.3 is 5.43 Å². The van der Waals surface area contributed by atoms with Crippen LogP contribution in [0.4, 0.5) is 5.69 Å². The lowest BCUT2D eigenvalue weighted by molar-refractivity contribution is 0.0874. The molecule has 0 amide bonds. The molecule has 0 aromatic heterocycles. The van der Waals surface area contributed by atoms with E-state index < -0.39 is 6.04 Å². The van der Waals surface area contributed by atoms with E-state index in [2.05, 4.69) is 10.9 Å². The second-order valence-electron chi connectivity index (χ2n) is 4.79. The predicted molar refractivity (Wildman–Crippen MR) is 76.8 cm³/mol. The van der Waals surface area contributed by atoms with E-state index in [1.165, 1.54) is 0 Å². The van der Waals surface area contributed by atoms with Crippen molar-refractivity contribution in [3.05, 3.63) is 65.2 Å². The zero-order valence-corrected chi connectivity index (χ0v) is 11.0. The molecule has 100 valence electrons. The molecule has 0 radical (unpaired) electrons. The number of fused-ring (bicyclic) bond motifs is 1. The van der Waals surface area contributed by atoms with E-state index in [9.17, 15) is 9.59 Å². The van der Waals surface area contributed by atoms with Crippen LogP contribution in [0.1, 0.15) is 26.3 Å². The van der Waals surface area contributed by atoms with Gasteiger partial charge in [0.1, 0.15) is 0 Å². The summed E-state index contributed by atoms with van der Waals surface area (Å²) in [6.07, 6.45) is 0. The number of benzene rings is 2. The van der Waals surface area contributed by atoms with Gasteiger partial charge in [-0.3, -0.25) is 9.59 Å². The Hall–Kier alpha value is -2.46. The fourth-order valence-corrected chi connectivity index (χ4v) is 2.34. The third-order valence-electron chi connectivity index (χ3n) is 3.48. The van der Waals surface area contributed by atoms with E-state index >= 15 is 0 Å². The molecule has 2 N–H and O–H groups in total. The first-order valence-electron chi connectivity index (χ1n) is 6.43.